The van der Waals surface area contributed by atoms with Gasteiger partial charge in [0.05, 0.1) is 26.4 Å². The van der Waals surface area contributed by atoms with Gasteiger partial charge in [-0.25, -0.2) is 38.4 Å². The molecule has 2 fully saturated rings. The van der Waals surface area contributed by atoms with E-state index in [9.17, 15) is 38.4 Å². The molecule has 0 radical (unpaired) electrons. The molecule has 0 N–H and O–H groups in total. The summed E-state index contributed by atoms with van der Waals surface area (Å²) in [6, 6.07) is 42.0. The highest BCUT2D eigenvalue weighted by molar-refractivity contribution is 5.91. The molecule has 0 bridgehead atoms. The summed E-state index contributed by atoms with van der Waals surface area (Å²) < 4.78 is 42.4. The predicted molar refractivity (Wildman–Crippen MR) is 474 cm³/mol. The summed E-state index contributed by atoms with van der Waals surface area (Å²) in [7, 11) is 0. The number of hydrogen-bond acceptors (Lipinski definition) is 16. The highest BCUT2D eigenvalue weighted by atomic mass is 16.7. The highest BCUT2D eigenvalue weighted by Gasteiger charge is 2.31. The van der Waals surface area contributed by atoms with Crippen molar-refractivity contribution in [1.82, 2.24) is 0 Å². The van der Waals surface area contributed by atoms with Crippen molar-refractivity contribution in [3.8, 4) is 33.4 Å². The minimum absolute atomic E-state index is 0.0405. The van der Waals surface area contributed by atoms with E-state index in [-0.39, 0.29) is 72.5 Å². The molecule has 5 aromatic rings. The number of benzene rings is 5. The van der Waals surface area contributed by atoms with Crippen molar-refractivity contribution in [2.24, 2.45) is 29.6 Å². The van der Waals surface area contributed by atoms with Crippen LogP contribution in [0.15, 0.2) is 219 Å². The molecule has 0 saturated heterocycles. The molecule has 2 aliphatic carbocycles. The van der Waals surface area contributed by atoms with E-state index in [4.69, 9.17) is 37.9 Å². The van der Waals surface area contributed by atoms with Gasteiger partial charge in [-0.2, -0.15) is 0 Å². The molecule has 0 aliphatic heterocycles. The molecule has 0 unspecified atom stereocenters. The Morgan fingerprint density at radius 2 is 0.661 bits per heavy atom. The van der Waals surface area contributed by atoms with Crippen LogP contribution in [0.4, 0.5) is 0 Å². The summed E-state index contributed by atoms with van der Waals surface area (Å²) in [4.78, 5) is 94.4. The average Bonchev–Trinajstić information content (AvgIpc) is 0.831. The maximum atomic E-state index is 12.0. The third-order valence-electron chi connectivity index (χ3n) is 21.0. The first kappa shape index (κ1) is 100. The Hall–Kier alpha value is -10.2. The Morgan fingerprint density at radius 3 is 1.04 bits per heavy atom. The fourth-order valence-electron chi connectivity index (χ4n) is 13.7. The van der Waals surface area contributed by atoms with Crippen LogP contribution in [0.2, 0.25) is 0 Å². The van der Waals surface area contributed by atoms with Gasteiger partial charge in [-0.3, -0.25) is 0 Å². The van der Waals surface area contributed by atoms with Gasteiger partial charge in [-0.05, 0) is 187 Å². The molecule has 0 amide bonds. The molecular weight excluding hydrogens is 1480 g/mol. The second kappa shape index (κ2) is 54.7. The van der Waals surface area contributed by atoms with Crippen LogP contribution < -0.4 is 0 Å². The summed E-state index contributed by atoms with van der Waals surface area (Å²) in [5.74, 6) is -1.32. The standard InChI is InChI=1S/C33H36O4.C30H36O4.C21H34O4.C18H30O4/c1-6-7-25-8-12-28(13-9-25)30-16-18-31(19-17-30)29-14-10-26(11-15-29)20-27(21-36-32(34)23(2)3)22-37-33(35)24(4)5;1-6-7-22-8-10-23(11-9-22)24-12-14-25(15-13-24)26-16-18-27(19-17-26)30(33-28(31)20(2)3)34-29(32)21(4)5;1-6-7-8-17-9-11-18(12-10-17)19(13-24-20(22)15(2)3)14-25-21(23)16(4)5;1-6-7-8-9-10-11-12-13-16(21-17(19)14(2)3)22-18(20)15(4)5/h8-19,27H,2,4,6-7,20-22H2,1,3,5H3;12-19,22-23,30H,2,4,6-11H2,1,3,5H3;17-19H,2,4,6-14H2,1,3,5H3;16H,2,4,6-13H2,1,3,5H3. The van der Waals surface area contributed by atoms with Gasteiger partial charge in [0, 0.05) is 68.4 Å². The number of carbonyl (C=O) groups excluding carboxylic acids is 8. The quantitative estimate of drug-likeness (QED) is 0.0117. The Kier molecular flexibility index (Phi) is 46.4. The molecule has 7 rings (SSSR count). The van der Waals surface area contributed by atoms with Crippen molar-refractivity contribution >= 4 is 47.8 Å². The van der Waals surface area contributed by atoms with Gasteiger partial charge in [0.2, 0.25) is 6.29 Å². The number of aryl methyl sites for hydroxylation is 1. The normalized spacial score (nSPS) is 14.7. The zero-order chi connectivity index (χ0) is 87.2. The van der Waals surface area contributed by atoms with Gasteiger partial charge < -0.3 is 37.9 Å². The zero-order valence-electron chi connectivity index (χ0n) is 73.2. The molecule has 16 heteroatoms. The Bertz CT molecular complexity index is 3970. The van der Waals surface area contributed by atoms with Crippen molar-refractivity contribution in [3.63, 3.8) is 0 Å². The molecule has 118 heavy (non-hydrogen) atoms. The summed E-state index contributed by atoms with van der Waals surface area (Å²) in [6.45, 7) is 51.1. The second-order valence-corrected chi connectivity index (χ2v) is 32.2. The van der Waals surface area contributed by atoms with Gasteiger partial charge in [0.25, 0.3) is 6.29 Å². The lowest BCUT2D eigenvalue weighted by molar-refractivity contribution is -0.185. The van der Waals surface area contributed by atoms with E-state index in [0.29, 0.717) is 52.5 Å². The molecule has 2 aliphatic rings. The van der Waals surface area contributed by atoms with Crippen LogP contribution in [0.25, 0.3) is 33.4 Å². The number of ether oxygens (including phenoxy) is 8. The molecule has 16 nitrogen and oxygen atoms in total. The molecule has 0 heterocycles. The first-order valence-corrected chi connectivity index (χ1v) is 42.5. The summed E-state index contributed by atoms with van der Waals surface area (Å²) in [6.07, 6.45) is 25.8. The number of esters is 8. The van der Waals surface area contributed by atoms with Crippen LogP contribution in [-0.2, 0) is 89.1 Å². The average molecular weight is 1620 g/mol. The zero-order valence-corrected chi connectivity index (χ0v) is 73.2. The molecule has 0 aromatic heterocycles. The smallest absolute Gasteiger partial charge is 0.336 e. The number of rotatable bonds is 43. The number of carbonyl (C=O) groups is 8. The van der Waals surface area contributed by atoms with Crippen LogP contribution >= 0.6 is 0 Å². The fourth-order valence-corrected chi connectivity index (χ4v) is 13.7. The van der Waals surface area contributed by atoms with E-state index in [2.05, 4.69) is 177 Å². The molecule has 0 spiro atoms. The largest absolute Gasteiger partial charge is 0.462 e. The van der Waals surface area contributed by atoms with E-state index in [1.54, 1.807) is 67.5 Å². The summed E-state index contributed by atoms with van der Waals surface area (Å²) in [5.41, 5.74) is 13.7. The summed E-state index contributed by atoms with van der Waals surface area (Å²) in [5, 5.41) is 0. The first-order valence-electron chi connectivity index (χ1n) is 42.5. The lowest BCUT2D eigenvalue weighted by Gasteiger charge is -2.33. The fraction of sp³-hybridized carbons (Fsp3) is 0.471. The van der Waals surface area contributed by atoms with Crippen LogP contribution in [-0.4, -0.2) is 80.5 Å². The van der Waals surface area contributed by atoms with Crippen molar-refractivity contribution in [1.29, 1.82) is 0 Å². The van der Waals surface area contributed by atoms with Crippen LogP contribution in [0.3, 0.4) is 0 Å². The van der Waals surface area contributed by atoms with Crippen molar-refractivity contribution in [2.45, 2.75) is 256 Å². The van der Waals surface area contributed by atoms with E-state index in [1.165, 1.54) is 119 Å². The van der Waals surface area contributed by atoms with Gasteiger partial charge in [-0.15, -0.1) is 0 Å². The molecule has 0 atom stereocenters. The van der Waals surface area contributed by atoms with Gasteiger partial charge in [0.15, 0.2) is 0 Å². The Labute approximate surface area is 706 Å². The second-order valence-electron chi connectivity index (χ2n) is 32.2. The third kappa shape index (κ3) is 38.0. The first-order chi connectivity index (χ1) is 56.3. The van der Waals surface area contributed by atoms with Crippen LogP contribution in [0.5, 0.6) is 0 Å². The lowest BCUT2D eigenvalue weighted by Crippen LogP contribution is -2.30. The topological polar surface area (TPSA) is 210 Å². The molecule has 640 valence electrons. The molecular formula is C102H136O16. The van der Waals surface area contributed by atoms with Gasteiger partial charge >= 0.3 is 47.8 Å². The van der Waals surface area contributed by atoms with Crippen molar-refractivity contribution in [3.05, 3.63) is 241 Å². The highest BCUT2D eigenvalue weighted by Crippen LogP contribution is 2.40. The Balaban J connectivity index is 0.000000338. The van der Waals surface area contributed by atoms with Crippen LogP contribution in [0.1, 0.15) is 259 Å². The van der Waals surface area contributed by atoms with E-state index >= 15 is 0 Å². The lowest BCUT2D eigenvalue weighted by atomic mass is 9.75. The van der Waals surface area contributed by atoms with Gasteiger partial charge in [-0.1, -0.05) is 292 Å². The number of hydrogen-bond donors (Lipinski definition) is 0. The van der Waals surface area contributed by atoms with Crippen molar-refractivity contribution in [2.75, 3.05) is 26.4 Å². The van der Waals surface area contributed by atoms with Crippen molar-refractivity contribution < 1.29 is 76.3 Å². The minimum Gasteiger partial charge on any atom is -0.462 e. The third-order valence-corrected chi connectivity index (χ3v) is 21.0. The molecule has 5 aromatic carbocycles. The number of unbranched alkanes of at least 4 members (excludes halogenated alkanes) is 7. The monoisotopic (exact) mass is 1620 g/mol. The maximum absolute atomic E-state index is 12.0. The van der Waals surface area contributed by atoms with E-state index in [1.807, 2.05) is 12.1 Å². The van der Waals surface area contributed by atoms with E-state index in [0.717, 1.165) is 84.6 Å². The van der Waals surface area contributed by atoms with Crippen LogP contribution in [0, 0.1) is 29.6 Å². The Morgan fingerprint density at radius 1 is 0.331 bits per heavy atom. The SMILES string of the molecule is C=C(C)C(=O)OC(CCCCCCCCC)OC(=O)C(=C)C.C=C(C)C(=O)OC(OC(=O)C(=C)C)c1ccc(-c2ccc(C3CCC(CCC)CC3)cc2)cc1.C=C(C)C(=O)OCC(COC(=O)C(=C)C)C1CCC(CCCC)CC1.C=C(C)C(=O)OCC(COC(=O)C(=C)C)Cc1ccc(-c2ccc(-c3ccc(CCC)cc3)cc2)cc1. The predicted octanol–water partition coefficient (Wildman–Crippen LogP) is 24.6. The summed E-state index contributed by atoms with van der Waals surface area (Å²) >= 11 is 0. The maximum Gasteiger partial charge on any atom is 0.336 e. The van der Waals surface area contributed by atoms with E-state index < -0.39 is 48.4 Å². The molecule has 2 saturated carbocycles. The van der Waals surface area contributed by atoms with Gasteiger partial charge in [0.1, 0.15) is 0 Å². The minimum atomic E-state index is -1.16.